The second-order valence-corrected chi connectivity index (χ2v) is 6.38. The molecule has 0 saturated heterocycles. The van der Waals surface area contributed by atoms with Crippen LogP contribution in [0.15, 0.2) is 16.8 Å². The second kappa shape index (κ2) is 7.06. The van der Waals surface area contributed by atoms with E-state index in [0.29, 0.717) is 24.4 Å². The summed E-state index contributed by atoms with van der Waals surface area (Å²) in [7, 11) is 0. The van der Waals surface area contributed by atoms with Gasteiger partial charge in [0, 0.05) is 25.0 Å². The van der Waals surface area contributed by atoms with Crippen LogP contribution < -0.4 is 5.32 Å². The highest BCUT2D eigenvalue weighted by Crippen LogP contribution is 2.29. The van der Waals surface area contributed by atoms with Gasteiger partial charge in [-0.05, 0) is 48.2 Å². The van der Waals surface area contributed by atoms with Crippen molar-refractivity contribution in [2.45, 2.75) is 58.2 Å². The standard InChI is InChI=1S/C15H24N2OS/c1-12(2)16-8-3-4-15(18)17(14-5-6-14)10-13-7-9-19-11-13/h7,9,11-12,14,16H,3-6,8,10H2,1-2H3. The van der Waals surface area contributed by atoms with E-state index in [9.17, 15) is 4.79 Å². The summed E-state index contributed by atoms with van der Waals surface area (Å²) in [5, 5.41) is 7.58. The van der Waals surface area contributed by atoms with E-state index in [4.69, 9.17) is 0 Å². The predicted octanol–water partition coefficient (Wildman–Crippen LogP) is 3.02. The van der Waals surface area contributed by atoms with Crippen LogP contribution in [0.2, 0.25) is 0 Å². The van der Waals surface area contributed by atoms with Crippen LogP contribution in [-0.4, -0.2) is 29.4 Å². The molecule has 0 radical (unpaired) electrons. The maximum absolute atomic E-state index is 12.3. The van der Waals surface area contributed by atoms with Gasteiger partial charge in [0.2, 0.25) is 5.91 Å². The van der Waals surface area contributed by atoms with Gasteiger partial charge >= 0.3 is 0 Å². The first-order valence-corrected chi connectivity index (χ1v) is 8.15. The Morgan fingerprint density at radius 3 is 2.89 bits per heavy atom. The fourth-order valence-corrected chi connectivity index (χ4v) is 2.82. The van der Waals surface area contributed by atoms with Gasteiger partial charge in [0.05, 0.1) is 0 Å². The number of hydrogen-bond donors (Lipinski definition) is 1. The minimum absolute atomic E-state index is 0.319. The van der Waals surface area contributed by atoms with Crippen LogP contribution in [-0.2, 0) is 11.3 Å². The topological polar surface area (TPSA) is 32.3 Å². The lowest BCUT2D eigenvalue weighted by Crippen LogP contribution is -2.33. The summed E-state index contributed by atoms with van der Waals surface area (Å²) in [6.45, 7) is 5.99. The van der Waals surface area contributed by atoms with Crippen molar-refractivity contribution in [2.75, 3.05) is 6.54 Å². The Morgan fingerprint density at radius 1 is 1.53 bits per heavy atom. The Balaban J connectivity index is 1.76. The third kappa shape index (κ3) is 4.96. The van der Waals surface area contributed by atoms with Gasteiger partial charge in [-0.3, -0.25) is 4.79 Å². The SMILES string of the molecule is CC(C)NCCCC(=O)N(Cc1ccsc1)C1CC1. The van der Waals surface area contributed by atoms with Gasteiger partial charge < -0.3 is 10.2 Å². The highest BCUT2D eigenvalue weighted by atomic mass is 32.1. The van der Waals surface area contributed by atoms with Gasteiger partial charge in [0.25, 0.3) is 0 Å². The minimum Gasteiger partial charge on any atom is -0.335 e. The van der Waals surface area contributed by atoms with E-state index in [1.165, 1.54) is 18.4 Å². The van der Waals surface area contributed by atoms with Gasteiger partial charge in [-0.25, -0.2) is 0 Å². The molecular weight excluding hydrogens is 256 g/mol. The molecule has 19 heavy (non-hydrogen) atoms. The molecule has 2 rings (SSSR count). The van der Waals surface area contributed by atoms with Crippen LogP contribution in [0.25, 0.3) is 0 Å². The fourth-order valence-electron chi connectivity index (χ4n) is 2.16. The first-order valence-electron chi connectivity index (χ1n) is 7.20. The van der Waals surface area contributed by atoms with Crippen molar-refractivity contribution in [2.24, 2.45) is 0 Å². The summed E-state index contributed by atoms with van der Waals surface area (Å²) in [6, 6.07) is 3.12. The molecule has 106 valence electrons. The smallest absolute Gasteiger partial charge is 0.223 e. The van der Waals surface area contributed by atoms with Crippen LogP contribution in [0.1, 0.15) is 45.1 Å². The van der Waals surface area contributed by atoms with Crippen LogP contribution in [0.4, 0.5) is 0 Å². The molecule has 0 bridgehead atoms. The Kier molecular flexibility index (Phi) is 5.40. The Hall–Kier alpha value is -0.870. The normalized spacial score (nSPS) is 14.9. The molecule has 1 heterocycles. The second-order valence-electron chi connectivity index (χ2n) is 5.60. The Labute approximate surface area is 120 Å². The van der Waals surface area contributed by atoms with Gasteiger partial charge in [-0.2, -0.15) is 11.3 Å². The van der Waals surface area contributed by atoms with Gasteiger partial charge in [-0.15, -0.1) is 0 Å². The average Bonchev–Trinajstić information content (AvgIpc) is 3.08. The lowest BCUT2D eigenvalue weighted by atomic mass is 10.2. The van der Waals surface area contributed by atoms with Crippen LogP contribution in [0, 0.1) is 0 Å². The first kappa shape index (κ1) is 14.5. The molecule has 1 aromatic rings. The van der Waals surface area contributed by atoms with Crippen molar-refractivity contribution in [3.05, 3.63) is 22.4 Å². The van der Waals surface area contributed by atoms with Gasteiger partial charge in [0.1, 0.15) is 0 Å². The lowest BCUT2D eigenvalue weighted by molar-refractivity contribution is -0.132. The monoisotopic (exact) mass is 280 g/mol. The van der Waals surface area contributed by atoms with E-state index in [1.807, 2.05) is 0 Å². The number of thiophene rings is 1. The molecule has 0 aliphatic heterocycles. The Morgan fingerprint density at radius 2 is 2.32 bits per heavy atom. The third-order valence-corrected chi connectivity index (χ3v) is 4.09. The van der Waals surface area contributed by atoms with E-state index in [1.54, 1.807) is 11.3 Å². The molecule has 1 amide bonds. The zero-order chi connectivity index (χ0) is 13.7. The highest BCUT2D eigenvalue weighted by molar-refractivity contribution is 7.07. The number of nitrogens with zero attached hydrogens (tertiary/aromatic N) is 1. The number of amides is 1. The zero-order valence-corrected chi connectivity index (χ0v) is 12.7. The Bertz CT molecular complexity index is 385. The van der Waals surface area contributed by atoms with Crippen molar-refractivity contribution in [1.82, 2.24) is 10.2 Å². The van der Waals surface area contributed by atoms with Crippen molar-refractivity contribution in [3.63, 3.8) is 0 Å². The minimum atomic E-state index is 0.319. The van der Waals surface area contributed by atoms with Crippen molar-refractivity contribution in [3.8, 4) is 0 Å². The zero-order valence-electron chi connectivity index (χ0n) is 11.9. The summed E-state index contributed by atoms with van der Waals surface area (Å²) < 4.78 is 0. The number of carbonyl (C=O) groups is 1. The molecule has 1 fully saturated rings. The molecule has 0 atom stereocenters. The number of nitrogens with one attached hydrogen (secondary N) is 1. The number of hydrogen-bond acceptors (Lipinski definition) is 3. The van der Waals surface area contributed by atoms with Crippen molar-refractivity contribution in [1.29, 1.82) is 0 Å². The average molecular weight is 280 g/mol. The maximum atomic E-state index is 12.3. The molecule has 1 aliphatic carbocycles. The van der Waals surface area contributed by atoms with E-state index in [0.717, 1.165) is 19.5 Å². The molecule has 0 spiro atoms. The fraction of sp³-hybridized carbons (Fsp3) is 0.667. The number of carbonyl (C=O) groups excluding carboxylic acids is 1. The molecule has 1 N–H and O–H groups in total. The van der Waals surface area contributed by atoms with Crippen molar-refractivity contribution < 1.29 is 4.79 Å². The van der Waals surface area contributed by atoms with E-state index in [2.05, 4.69) is 40.9 Å². The third-order valence-electron chi connectivity index (χ3n) is 3.36. The summed E-state index contributed by atoms with van der Waals surface area (Å²) in [4.78, 5) is 14.4. The molecular formula is C15H24N2OS. The van der Waals surface area contributed by atoms with Gasteiger partial charge in [-0.1, -0.05) is 13.8 Å². The van der Waals surface area contributed by atoms with Crippen LogP contribution in [0.5, 0.6) is 0 Å². The first-order chi connectivity index (χ1) is 9.16. The maximum Gasteiger partial charge on any atom is 0.223 e. The van der Waals surface area contributed by atoms with E-state index >= 15 is 0 Å². The molecule has 0 aromatic carbocycles. The summed E-state index contributed by atoms with van der Waals surface area (Å²) in [5.41, 5.74) is 1.27. The lowest BCUT2D eigenvalue weighted by Gasteiger charge is -2.22. The quantitative estimate of drug-likeness (QED) is 0.742. The van der Waals surface area contributed by atoms with E-state index < -0.39 is 0 Å². The molecule has 1 saturated carbocycles. The molecule has 4 heteroatoms. The highest BCUT2D eigenvalue weighted by Gasteiger charge is 2.32. The summed E-state index contributed by atoms with van der Waals surface area (Å²) in [5.74, 6) is 0.319. The number of rotatable bonds is 8. The molecule has 1 aliphatic rings. The van der Waals surface area contributed by atoms with E-state index in [-0.39, 0.29) is 0 Å². The molecule has 3 nitrogen and oxygen atoms in total. The molecule has 1 aromatic heterocycles. The van der Waals surface area contributed by atoms with Crippen molar-refractivity contribution >= 4 is 17.2 Å². The summed E-state index contributed by atoms with van der Waals surface area (Å²) in [6.07, 6.45) is 3.96. The predicted molar refractivity (Wildman–Crippen MR) is 80.3 cm³/mol. The summed E-state index contributed by atoms with van der Waals surface area (Å²) >= 11 is 1.70. The van der Waals surface area contributed by atoms with Crippen LogP contribution >= 0.6 is 11.3 Å². The van der Waals surface area contributed by atoms with Gasteiger partial charge in [0.15, 0.2) is 0 Å². The largest absolute Gasteiger partial charge is 0.335 e. The molecule has 0 unspecified atom stereocenters. The van der Waals surface area contributed by atoms with Crippen LogP contribution in [0.3, 0.4) is 0 Å².